The number of likely N-dealkylation sites (tertiary alicyclic amines) is 1. The van der Waals surface area contributed by atoms with Crippen LogP contribution in [0.5, 0.6) is 0 Å². The average Bonchev–Trinajstić information content (AvgIpc) is 3.00. The van der Waals surface area contributed by atoms with E-state index in [9.17, 15) is 9.59 Å². The van der Waals surface area contributed by atoms with Gasteiger partial charge in [0, 0.05) is 18.0 Å². The van der Waals surface area contributed by atoms with Crippen molar-refractivity contribution < 1.29 is 9.59 Å². The van der Waals surface area contributed by atoms with E-state index >= 15 is 0 Å². The molecule has 0 spiro atoms. The van der Waals surface area contributed by atoms with Crippen LogP contribution < -0.4 is 5.43 Å². The number of hydrogen-bond donors (Lipinski definition) is 1. The first-order chi connectivity index (χ1) is 8.27. The predicted molar refractivity (Wildman–Crippen MR) is 65.9 cm³/mol. The van der Waals surface area contributed by atoms with E-state index in [1.54, 1.807) is 4.90 Å². The lowest BCUT2D eigenvalue weighted by Crippen LogP contribution is -2.39. The molecule has 90 valence electrons. The molecule has 2 heterocycles. The molecule has 0 aliphatic carbocycles. The fourth-order valence-corrected chi connectivity index (χ4v) is 2.22. The summed E-state index contributed by atoms with van der Waals surface area (Å²) in [5.41, 5.74) is 2.24. The number of hydrogen-bond acceptors (Lipinski definition) is 4. The summed E-state index contributed by atoms with van der Waals surface area (Å²) in [4.78, 5) is 25.5. The molecule has 0 radical (unpaired) electrons. The van der Waals surface area contributed by atoms with Gasteiger partial charge in [0.15, 0.2) is 0 Å². The third kappa shape index (κ3) is 3.13. The smallest absolute Gasteiger partial charge is 0.329 e. The molecule has 0 bridgehead atoms. The van der Waals surface area contributed by atoms with E-state index < -0.39 is 11.8 Å². The number of carbonyl (C=O) groups is 2. The molecule has 17 heavy (non-hydrogen) atoms. The second-order valence-corrected chi connectivity index (χ2v) is 4.69. The minimum absolute atomic E-state index is 0.495. The Morgan fingerprint density at radius 3 is 2.82 bits per heavy atom. The summed E-state index contributed by atoms with van der Waals surface area (Å²) in [6, 6.07) is 3.77. The van der Waals surface area contributed by atoms with Crippen molar-refractivity contribution in [1.82, 2.24) is 10.3 Å². The van der Waals surface area contributed by atoms with Gasteiger partial charge in [0.25, 0.3) is 0 Å². The standard InChI is InChI=1S/C11H13N3O2S/c15-10(11(16)14-5-1-2-6-14)13-12-8-9-4-3-7-17-9/h3-4,7-8H,1-2,5-6H2,(H,13,15)/b12-8+. The minimum atomic E-state index is -0.667. The number of nitrogens with zero attached hydrogens (tertiary/aromatic N) is 2. The summed E-state index contributed by atoms with van der Waals surface area (Å²) in [6.45, 7) is 1.34. The van der Waals surface area contributed by atoms with Crippen LogP contribution in [0.25, 0.3) is 0 Å². The topological polar surface area (TPSA) is 61.8 Å². The zero-order chi connectivity index (χ0) is 12.1. The highest BCUT2D eigenvalue weighted by molar-refractivity contribution is 7.11. The van der Waals surface area contributed by atoms with Gasteiger partial charge in [-0.1, -0.05) is 6.07 Å². The van der Waals surface area contributed by atoms with Crippen LogP contribution in [-0.2, 0) is 9.59 Å². The van der Waals surface area contributed by atoms with Crippen molar-refractivity contribution in [1.29, 1.82) is 0 Å². The molecular formula is C11H13N3O2S. The second kappa shape index (κ2) is 5.58. The van der Waals surface area contributed by atoms with Gasteiger partial charge >= 0.3 is 11.8 Å². The van der Waals surface area contributed by atoms with Crippen LogP contribution >= 0.6 is 11.3 Å². The zero-order valence-corrected chi connectivity index (χ0v) is 10.1. The first-order valence-corrected chi connectivity index (χ1v) is 6.31. The van der Waals surface area contributed by atoms with E-state index in [-0.39, 0.29) is 0 Å². The van der Waals surface area contributed by atoms with Crippen molar-refractivity contribution in [2.45, 2.75) is 12.8 Å². The molecule has 1 saturated heterocycles. The highest BCUT2D eigenvalue weighted by Gasteiger charge is 2.23. The molecule has 1 aromatic rings. The Balaban J connectivity index is 1.82. The van der Waals surface area contributed by atoms with Crippen LogP contribution in [0.3, 0.4) is 0 Å². The normalized spacial score (nSPS) is 15.4. The Kier molecular flexibility index (Phi) is 3.87. The first-order valence-electron chi connectivity index (χ1n) is 5.43. The summed E-state index contributed by atoms with van der Waals surface area (Å²) in [6.07, 6.45) is 3.47. The van der Waals surface area contributed by atoms with E-state index in [0.717, 1.165) is 17.7 Å². The summed E-state index contributed by atoms with van der Waals surface area (Å²) in [5, 5.41) is 5.66. The zero-order valence-electron chi connectivity index (χ0n) is 9.26. The highest BCUT2D eigenvalue weighted by atomic mass is 32.1. The molecule has 0 aromatic carbocycles. The number of nitrogens with one attached hydrogen (secondary N) is 1. The fraction of sp³-hybridized carbons (Fsp3) is 0.364. The average molecular weight is 251 g/mol. The van der Waals surface area contributed by atoms with Crippen molar-refractivity contribution in [2.24, 2.45) is 5.10 Å². The Bertz CT molecular complexity index is 422. The molecule has 2 rings (SSSR count). The maximum absolute atomic E-state index is 11.6. The van der Waals surface area contributed by atoms with Crippen LogP contribution in [0.2, 0.25) is 0 Å². The lowest BCUT2D eigenvalue weighted by atomic mass is 10.4. The minimum Gasteiger partial charge on any atom is -0.334 e. The van der Waals surface area contributed by atoms with Crippen LogP contribution in [0.4, 0.5) is 0 Å². The molecule has 1 fully saturated rings. The van der Waals surface area contributed by atoms with E-state index in [1.807, 2.05) is 17.5 Å². The van der Waals surface area contributed by atoms with Gasteiger partial charge < -0.3 is 4.90 Å². The maximum Gasteiger partial charge on any atom is 0.329 e. The van der Waals surface area contributed by atoms with Gasteiger partial charge in [-0.25, -0.2) is 5.43 Å². The first kappa shape index (κ1) is 11.8. The van der Waals surface area contributed by atoms with Crippen molar-refractivity contribution in [3.63, 3.8) is 0 Å². The lowest BCUT2D eigenvalue weighted by Gasteiger charge is -2.12. The molecule has 0 unspecified atom stereocenters. The Morgan fingerprint density at radius 1 is 1.41 bits per heavy atom. The summed E-state index contributed by atoms with van der Waals surface area (Å²) < 4.78 is 0. The van der Waals surface area contributed by atoms with E-state index in [2.05, 4.69) is 10.5 Å². The molecule has 5 nitrogen and oxygen atoms in total. The maximum atomic E-state index is 11.6. The summed E-state index contributed by atoms with van der Waals surface area (Å²) in [5.74, 6) is -1.16. The van der Waals surface area contributed by atoms with Crippen molar-refractivity contribution >= 4 is 29.4 Å². The number of amides is 2. The van der Waals surface area contributed by atoms with Gasteiger partial charge in [-0.3, -0.25) is 9.59 Å². The summed E-state index contributed by atoms with van der Waals surface area (Å²) >= 11 is 1.51. The van der Waals surface area contributed by atoms with Gasteiger partial charge in [-0.05, 0) is 24.3 Å². The third-order valence-corrected chi connectivity index (χ3v) is 3.30. The number of thiophene rings is 1. The Morgan fingerprint density at radius 2 is 2.18 bits per heavy atom. The van der Waals surface area contributed by atoms with Crippen molar-refractivity contribution in [3.05, 3.63) is 22.4 Å². The van der Waals surface area contributed by atoms with Gasteiger partial charge in [-0.2, -0.15) is 5.10 Å². The highest BCUT2D eigenvalue weighted by Crippen LogP contribution is 2.07. The van der Waals surface area contributed by atoms with Crippen LogP contribution in [0.15, 0.2) is 22.6 Å². The predicted octanol–water partition coefficient (Wildman–Crippen LogP) is 0.821. The monoisotopic (exact) mass is 251 g/mol. The SMILES string of the molecule is O=C(N/N=C/c1cccs1)C(=O)N1CCCC1. The molecule has 6 heteroatoms. The number of hydrazone groups is 1. The lowest BCUT2D eigenvalue weighted by molar-refractivity contribution is -0.145. The van der Waals surface area contributed by atoms with Gasteiger partial charge in [0.1, 0.15) is 0 Å². The van der Waals surface area contributed by atoms with Crippen LogP contribution in [-0.4, -0.2) is 36.0 Å². The Labute approximate surface area is 103 Å². The molecule has 1 aliphatic heterocycles. The van der Waals surface area contributed by atoms with Crippen molar-refractivity contribution in [3.8, 4) is 0 Å². The number of rotatable bonds is 2. The van der Waals surface area contributed by atoms with E-state index in [4.69, 9.17) is 0 Å². The van der Waals surface area contributed by atoms with Gasteiger partial charge in [0.2, 0.25) is 0 Å². The third-order valence-electron chi connectivity index (χ3n) is 2.49. The molecule has 0 atom stereocenters. The Hall–Kier alpha value is -1.69. The second-order valence-electron chi connectivity index (χ2n) is 3.71. The fourth-order valence-electron chi connectivity index (χ4n) is 1.63. The van der Waals surface area contributed by atoms with Crippen molar-refractivity contribution in [2.75, 3.05) is 13.1 Å². The van der Waals surface area contributed by atoms with Crippen LogP contribution in [0.1, 0.15) is 17.7 Å². The quantitative estimate of drug-likeness (QED) is 0.480. The molecule has 1 N–H and O–H groups in total. The van der Waals surface area contributed by atoms with E-state index in [0.29, 0.717) is 13.1 Å². The van der Waals surface area contributed by atoms with Gasteiger partial charge in [0.05, 0.1) is 6.21 Å². The van der Waals surface area contributed by atoms with E-state index in [1.165, 1.54) is 17.6 Å². The molecule has 1 aromatic heterocycles. The largest absolute Gasteiger partial charge is 0.334 e. The molecule has 2 amide bonds. The molecule has 0 saturated carbocycles. The number of carbonyl (C=O) groups excluding carboxylic acids is 2. The molecular weight excluding hydrogens is 238 g/mol. The molecule has 1 aliphatic rings. The summed E-state index contributed by atoms with van der Waals surface area (Å²) in [7, 11) is 0. The van der Waals surface area contributed by atoms with Crippen LogP contribution in [0, 0.1) is 0 Å². The van der Waals surface area contributed by atoms with Gasteiger partial charge in [-0.15, -0.1) is 11.3 Å².